The second-order valence-corrected chi connectivity index (χ2v) is 10.5. The first-order valence-corrected chi connectivity index (χ1v) is 13.1. The molecule has 0 bridgehead atoms. The lowest BCUT2D eigenvalue weighted by Gasteiger charge is -2.24. The standard InChI is InChI=1S/C19H26N9O10P/c1-34-39(33,38-9-3-13(36-10(9)4-29)28-7-23-17(20)26-19(28)32)35-5-11-8(30)2-12(37-11)27-6-22-14-15(27)24-18(21)25-16(14)31/h6-13,29-30H,2-5H2,1H3,(H2,20,26,32)(H3,21,24,25,31)/t8-,9-,10-,11-,12-,13-,39?/m1/s1. The molecule has 5 rings (SSSR count). The van der Waals surface area contributed by atoms with Gasteiger partial charge in [-0.2, -0.15) is 9.97 Å². The number of phosphoric acid groups is 1. The molecule has 0 aromatic carbocycles. The number of anilines is 2. The number of aromatic nitrogens is 7. The molecule has 7 atom stereocenters. The van der Waals surface area contributed by atoms with Crippen molar-refractivity contribution in [3.05, 3.63) is 33.5 Å². The number of imidazole rings is 1. The largest absolute Gasteiger partial charge is 0.474 e. The zero-order valence-electron chi connectivity index (χ0n) is 20.4. The van der Waals surface area contributed by atoms with Gasteiger partial charge in [-0.25, -0.2) is 19.3 Å². The second-order valence-electron chi connectivity index (χ2n) is 8.73. The second kappa shape index (κ2) is 10.7. The number of nitrogens with zero attached hydrogens (tertiary/aromatic N) is 6. The van der Waals surface area contributed by atoms with Crippen LogP contribution in [0.25, 0.3) is 11.2 Å². The summed E-state index contributed by atoms with van der Waals surface area (Å²) in [5.41, 5.74) is 9.99. The number of nitrogens with two attached hydrogens (primary N) is 2. The molecule has 7 N–H and O–H groups in total. The van der Waals surface area contributed by atoms with Crippen molar-refractivity contribution in [2.75, 3.05) is 31.8 Å². The van der Waals surface area contributed by atoms with E-state index in [2.05, 4.69) is 24.9 Å². The average molecular weight is 571 g/mol. The van der Waals surface area contributed by atoms with Crippen molar-refractivity contribution in [1.82, 2.24) is 34.1 Å². The summed E-state index contributed by atoms with van der Waals surface area (Å²) < 4.78 is 43.2. The molecule has 2 fully saturated rings. The van der Waals surface area contributed by atoms with Crippen molar-refractivity contribution in [2.45, 2.75) is 49.7 Å². The number of phosphoric ester groups is 1. The van der Waals surface area contributed by atoms with Crippen LogP contribution in [0.4, 0.5) is 11.9 Å². The van der Waals surface area contributed by atoms with E-state index in [-0.39, 0.29) is 35.9 Å². The lowest BCUT2D eigenvalue weighted by atomic mass is 10.2. The van der Waals surface area contributed by atoms with Gasteiger partial charge < -0.3 is 31.2 Å². The van der Waals surface area contributed by atoms with Gasteiger partial charge in [0, 0.05) is 20.0 Å². The van der Waals surface area contributed by atoms with E-state index in [0.29, 0.717) is 0 Å². The fourth-order valence-electron chi connectivity index (χ4n) is 4.35. The molecule has 19 nitrogen and oxygen atoms in total. The number of ether oxygens (including phenoxy) is 2. The van der Waals surface area contributed by atoms with E-state index in [1.807, 2.05) is 0 Å². The Labute approximate surface area is 218 Å². The third-order valence-corrected chi connectivity index (χ3v) is 7.71. The molecule has 20 heteroatoms. The Morgan fingerprint density at radius 2 is 1.85 bits per heavy atom. The molecule has 2 aliphatic rings. The SMILES string of the molecule is COP(=O)(OC[C@H]1O[C@@H](n2cnc3c(=O)[nH]c(N)nc32)C[C@H]1O)O[C@@H]1C[C@H](n2cnc(N)nc2=O)O[C@@H]1CO. The molecule has 0 amide bonds. The number of aliphatic hydroxyl groups excluding tert-OH is 2. The normalized spacial score (nSPS) is 28.7. The first kappa shape index (κ1) is 27.3. The molecule has 212 valence electrons. The number of nitrogen functional groups attached to an aromatic ring is 2. The first-order chi connectivity index (χ1) is 18.6. The minimum Gasteiger partial charge on any atom is -0.394 e. The molecule has 3 aromatic heterocycles. The number of aliphatic hydroxyl groups is 2. The van der Waals surface area contributed by atoms with Gasteiger partial charge in [-0.05, 0) is 0 Å². The minimum atomic E-state index is -4.26. The molecule has 5 heterocycles. The van der Waals surface area contributed by atoms with Crippen molar-refractivity contribution >= 4 is 30.9 Å². The van der Waals surface area contributed by atoms with E-state index in [9.17, 15) is 24.4 Å². The molecule has 3 aromatic rings. The van der Waals surface area contributed by atoms with E-state index < -0.39 is 69.2 Å². The molecule has 2 saturated heterocycles. The van der Waals surface area contributed by atoms with Crippen molar-refractivity contribution in [3.8, 4) is 0 Å². The Hall–Kier alpha value is -3.29. The summed E-state index contributed by atoms with van der Waals surface area (Å²) in [7, 11) is -3.17. The Morgan fingerprint density at radius 1 is 1.13 bits per heavy atom. The Morgan fingerprint density at radius 3 is 2.56 bits per heavy atom. The summed E-state index contributed by atoms with van der Waals surface area (Å²) in [5, 5.41) is 20.3. The van der Waals surface area contributed by atoms with Crippen LogP contribution in [0.2, 0.25) is 0 Å². The van der Waals surface area contributed by atoms with Gasteiger partial charge >= 0.3 is 13.5 Å². The van der Waals surface area contributed by atoms with Crippen molar-refractivity contribution < 1.29 is 37.8 Å². The van der Waals surface area contributed by atoms with Crippen LogP contribution in [0, 0.1) is 0 Å². The highest BCUT2D eigenvalue weighted by Crippen LogP contribution is 2.53. The van der Waals surface area contributed by atoms with Gasteiger partial charge in [0.25, 0.3) is 5.56 Å². The number of hydrogen-bond acceptors (Lipinski definition) is 16. The third kappa shape index (κ3) is 5.43. The van der Waals surface area contributed by atoms with Crippen LogP contribution in [-0.2, 0) is 27.6 Å². The van der Waals surface area contributed by atoms with Gasteiger partial charge in [0.15, 0.2) is 11.2 Å². The lowest BCUT2D eigenvalue weighted by molar-refractivity contribution is -0.0578. The molecular weight excluding hydrogens is 545 g/mol. The molecule has 0 radical (unpaired) electrons. The van der Waals surface area contributed by atoms with E-state index in [0.717, 1.165) is 18.0 Å². The Balaban J connectivity index is 1.24. The van der Waals surface area contributed by atoms with Crippen LogP contribution in [0.15, 0.2) is 22.2 Å². The van der Waals surface area contributed by atoms with Gasteiger partial charge in [-0.3, -0.25) is 32.5 Å². The van der Waals surface area contributed by atoms with Crippen molar-refractivity contribution in [3.63, 3.8) is 0 Å². The van der Waals surface area contributed by atoms with Gasteiger partial charge in [0.2, 0.25) is 11.9 Å². The zero-order valence-corrected chi connectivity index (χ0v) is 21.3. The first-order valence-electron chi connectivity index (χ1n) is 11.6. The number of hydrogen-bond donors (Lipinski definition) is 5. The fraction of sp³-hybridized carbons (Fsp3) is 0.579. The summed E-state index contributed by atoms with van der Waals surface area (Å²) in [5.74, 6) is -0.328. The zero-order chi connectivity index (χ0) is 27.9. The molecule has 0 spiro atoms. The Bertz CT molecular complexity index is 1510. The average Bonchev–Trinajstić information content (AvgIpc) is 3.59. The number of H-pyrrole nitrogens is 1. The molecule has 39 heavy (non-hydrogen) atoms. The van der Waals surface area contributed by atoms with Gasteiger partial charge in [-0.1, -0.05) is 0 Å². The van der Waals surface area contributed by atoms with Gasteiger partial charge in [-0.15, -0.1) is 0 Å². The summed E-state index contributed by atoms with van der Waals surface area (Å²) in [6.45, 7) is -0.931. The van der Waals surface area contributed by atoms with E-state index in [4.69, 9.17) is 34.5 Å². The van der Waals surface area contributed by atoms with E-state index in [1.165, 1.54) is 10.9 Å². The third-order valence-electron chi connectivity index (χ3n) is 6.27. The molecule has 2 aliphatic heterocycles. The number of nitrogens with one attached hydrogen (secondary N) is 1. The highest BCUT2D eigenvalue weighted by molar-refractivity contribution is 7.48. The summed E-state index contributed by atoms with van der Waals surface area (Å²) in [4.78, 5) is 41.9. The van der Waals surface area contributed by atoms with Crippen LogP contribution in [0.5, 0.6) is 0 Å². The smallest absolute Gasteiger partial charge is 0.394 e. The van der Waals surface area contributed by atoms with Gasteiger partial charge in [0.05, 0.1) is 25.6 Å². The van der Waals surface area contributed by atoms with Crippen molar-refractivity contribution in [1.29, 1.82) is 0 Å². The maximum atomic E-state index is 13.2. The van der Waals surface area contributed by atoms with Crippen LogP contribution < -0.4 is 22.7 Å². The predicted octanol–water partition coefficient (Wildman–Crippen LogP) is -1.98. The molecule has 1 unspecified atom stereocenters. The highest BCUT2D eigenvalue weighted by Gasteiger charge is 2.44. The minimum absolute atomic E-state index is 0.0251. The highest BCUT2D eigenvalue weighted by atomic mass is 31.2. The lowest BCUT2D eigenvalue weighted by Crippen LogP contribution is -2.29. The quantitative estimate of drug-likeness (QED) is 0.174. The van der Waals surface area contributed by atoms with Crippen LogP contribution in [0.3, 0.4) is 0 Å². The number of aromatic amines is 1. The monoisotopic (exact) mass is 571 g/mol. The van der Waals surface area contributed by atoms with E-state index >= 15 is 0 Å². The molecule has 0 aliphatic carbocycles. The predicted molar refractivity (Wildman–Crippen MR) is 129 cm³/mol. The summed E-state index contributed by atoms with van der Waals surface area (Å²) >= 11 is 0. The topological polar surface area (TPSA) is 267 Å². The Kier molecular flexibility index (Phi) is 7.49. The van der Waals surface area contributed by atoms with Crippen LogP contribution in [0.1, 0.15) is 25.3 Å². The molecule has 0 saturated carbocycles. The fourth-order valence-corrected chi connectivity index (χ4v) is 5.48. The van der Waals surface area contributed by atoms with E-state index in [1.54, 1.807) is 0 Å². The van der Waals surface area contributed by atoms with Crippen molar-refractivity contribution in [2.24, 2.45) is 0 Å². The molecular formula is C19H26N9O10P. The number of rotatable bonds is 9. The van der Waals surface area contributed by atoms with Crippen LogP contribution >= 0.6 is 7.82 Å². The number of fused-ring (bicyclic) bond motifs is 1. The van der Waals surface area contributed by atoms with Gasteiger partial charge in [0.1, 0.15) is 37.1 Å². The van der Waals surface area contributed by atoms with Crippen LogP contribution in [-0.4, -0.2) is 89.0 Å². The maximum Gasteiger partial charge on any atom is 0.474 e. The maximum absolute atomic E-state index is 13.2. The summed E-state index contributed by atoms with van der Waals surface area (Å²) in [6.07, 6.45) is -3.21. The summed E-state index contributed by atoms with van der Waals surface area (Å²) in [6, 6.07) is 0.